The molecule has 0 atom stereocenters. The number of benzene rings is 4. The zero-order valence-corrected chi connectivity index (χ0v) is 38.5. The second kappa shape index (κ2) is 13.2. The number of nitrogens with zero attached hydrogens (tertiary/aromatic N) is 5. The van der Waals surface area contributed by atoms with Crippen LogP contribution in [0.15, 0.2) is 104 Å². The zero-order chi connectivity index (χ0) is 42.0. The molecule has 59 heavy (non-hydrogen) atoms. The molecular weight excluding hydrogens is 906 g/mol. The van der Waals surface area contributed by atoms with Gasteiger partial charge in [0.15, 0.2) is 0 Å². The Labute approximate surface area is 359 Å². The van der Waals surface area contributed by atoms with Crippen LogP contribution in [0.3, 0.4) is 0 Å². The van der Waals surface area contributed by atoms with Gasteiger partial charge in [-0.25, -0.2) is 0 Å². The maximum absolute atomic E-state index is 6.67. The number of pyridine rings is 2. The van der Waals surface area contributed by atoms with Crippen molar-refractivity contribution >= 4 is 32.8 Å². The van der Waals surface area contributed by atoms with Crippen molar-refractivity contribution in [1.82, 2.24) is 23.7 Å². The third-order valence-corrected chi connectivity index (χ3v) is 14.9. The second-order valence-electron chi connectivity index (χ2n) is 19.9. The van der Waals surface area contributed by atoms with Crippen molar-refractivity contribution in [1.29, 1.82) is 0 Å². The molecule has 7 heteroatoms. The normalized spacial score (nSPS) is 16.0. The van der Waals surface area contributed by atoms with Crippen LogP contribution in [0.25, 0.3) is 50.0 Å². The quantitative estimate of drug-likeness (QED) is 0.162. The first kappa shape index (κ1) is 39.4. The van der Waals surface area contributed by atoms with Gasteiger partial charge in [0, 0.05) is 6.20 Å². The first-order valence-electron chi connectivity index (χ1n) is 20.6. The molecule has 1 aliphatic carbocycles. The molecule has 6 nitrogen and oxygen atoms in total. The average Bonchev–Trinajstić information content (AvgIpc) is 3.70. The third-order valence-electron chi connectivity index (χ3n) is 13.9. The minimum atomic E-state index is -0.131. The predicted octanol–water partition coefficient (Wildman–Crippen LogP) is 13.0. The number of imidazole rings is 1. The summed E-state index contributed by atoms with van der Waals surface area (Å²) in [5.74, 6) is 1.97. The standard InChI is InChI=1S/C52H53N5O.Pt/c1-48(2,3)33-17-19-35(20-18-33)55-32-56(43-16-14-13-15-42(43)55)36-28-38(31-53-30-36)58-37-21-22-39-40-23-24-41-46(51(9,10)52(11,12)50(41,7)8)47(40)57(44(39)29-37)45-27-34(25-26-54-45)49(4,5)6;/h13-27,30-31H,1-12H3;/q-2;. The summed E-state index contributed by atoms with van der Waals surface area (Å²) in [4.78, 5) is 9.74. The average molecular weight is 959 g/mol. The molecule has 0 saturated heterocycles. The molecule has 9 rings (SSSR count). The van der Waals surface area contributed by atoms with E-state index in [1.165, 1.54) is 33.2 Å². The van der Waals surface area contributed by atoms with Crippen LogP contribution in [0.4, 0.5) is 0 Å². The zero-order valence-electron chi connectivity index (χ0n) is 36.3. The van der Waals surface area contributed by atoms with E-state index in [2.05, 4.69) is 212 Å². The van der Waals surface area contributed by atoms with E-state index >= 15 is 0 Å². The first-order valence-corrected chi connectivity index (χ1v) is 21.7. The third kappa shape index (κ3) is 5.95. The fraction of sp³-hybridized carbons (Fsp3) is 0.327. The Hall–Kier alpha value is -5.06. The fourth-order valence-electron chi connectivity index (χ4n) is 9.24. The Morgan fingerprint density at radius 2 is 1.31 bits per heavy atom. The molecule has 4 aromatic carbocycles. The molecule has 0 spiro atoms. The van der Waals surface area contributed by atoms with Crippen LogP contribution in [-0.4, -0.2) is 23.7 Å². The van der Waals surface area contributed by atoms with Crippen molar-refractivity contribution in [2.45, 2.75) is 105 Å². The van der Waals surface area contributed by atoms with Gasteiger partial charge in [-0.1, -0.05) is 68.4 Å². The summed E-state index contributed by atoms with van der Waals surface area (Å²) in [5.41, 5.74) is 11.3. The van der Waals surface area contributed by atoms with E-state index in [1.54, 1.807) is 6.20 Å². The molecule has 0 bridgehead atoms. The molecule has 0 radical (unpaired) electrons. The van der Waals surface area contributed by atoms with E-state index in [9.17, 15) is 0 Å². The van der Waals surface area contributed by atoms with Crippen LogP contribution >= 0.6 is 0 Å². The SMILES string of the molecule is CC(C)(C)c1ccc(-n2[c](=[Pt])n(-c3[c-]c(Oc4[c-]c5c(cc4)c4ccc6c(c4n5-c4cc(C(C)(C)C)ccn4)C(C)(C)C(C)(C)C6(C)C)cnc3)c3ccccc32)cc1. The fourth-order valence-corrected chi connectivity index (χ4v) is 10.4. The first-order chi connectivity index (χ1) is 27.7. The minimum absolute atomic E-state index is 0.0104. The van der Waals surface area contributed by atoms with Crippen LogP contribution in [0, 0.1) is 21.4 Å². The molecule has 4 aromatic heterocycles. The summed E-state index contributed by atoms with van der Waals surface area (Å²) >= 11 is 2.41. The van der Waals surface area contributed by atoms with Gasteiger partial charge in [0.25, 0.3) is 0 Å². The summed E-state index contributed by atoms with van der Waals surface area (Å²) in [7, 11) is 0. The van der Waals surface area contributed by atoms with Crippen molar-refractivity contribution in [2.24, 2.45) is 5.41 Å². The molecule has 4 heterocycles. The van der Waals surface area contributed by atoms with Crippen molar-refractivity contribution in [2.75, 3.05) is 0 Å². The number of ether oxygens (including phenoxy) is 1. The number of fused-ring (bicyclic) bond motifs is 6. The van der Waals surface area contributed by atoms with Crippen molar-refractivity contribution in [3.8, 4) is 28.7 Å². The van der Waals surface area contributed by atoms with Gasteiger partial charge in [-0.3, -0.25) is 0 Å². The molecule has 0 aliphatic heterocycles. The van der Waals surface area contributed by atoms with Gasteiger partial charge in [0.2, 0.25) is 0 Å². The summed E-state index contributed by atoms with van der Waals surface area (Å²) in [6, 6.07) is 37.9. The van der Waals surface area contributed by atoms with Gasteiger partial charge < -0.3 is 0 Å². The van der Waals surface area contributed by atoms with E-state index < -0.39 is 0 Å². The molecule has 0 amide bonds. The number of rotatable bonds is 5. The number of hydrogen-bond donors (Lipinski definition) is 0. The van der Waals surface area contributed by atoms with E-state index in [4.69, 9.17) is 9.72 Å². The topological polar surface area (TPSA) is 49.8 Å². The van der Waals surface area contributed by atoms with Crippen molar-refractivity contribution in [3.05, 3.63) is 142 Å². The summed E-state index contributed by atoms with van der Waals surface area (Å²) < 4.78 is 14.5. The Morgan fingerprint density at radius 1 is 0.644 bits per heavy atom. The van der Waals surface area contributed by atoms with Crippen LogP contribution in [0.5, 0.6) is 11.5 Å². The monoisotopic (exact) mass is 958 g/mol. The van der Waals surface area contributed by atoms with Crippen LogP contribution in [0.2, 0.25) is 0 Å². The van der Waals surface area contributed by atoms with Gasteiger partial charge >= 0.3 is 248 Å². The van der Waals surface area contributed by atoms with Gasteiger partial charge in [-0.05, 0) is 38.9 Å². The van der Waals surface area contributed by atoms with Gasteiger partial charge in [-0.2, -0.15) is 0 Å². The van der Waals surface area contributed by atoms with Crippen LogP contribution in [-0.2, 0) is 41.0 Å². The van der Waals surface area contributed by atoms with E-state index in [-0.39, 0.29) is 27.1 Å². The Kier molecular flexibility index (Phi) is 8.83. The summed E-state index contributed by atoms with van der Waals surface area (Å²) in [5, 5.41) is 2.30. The van der Waals surface area contributed by atoms with Gasteiger partial charge in [-0.15, -0.1) is 0 Å². The molecule has 8 aromatic rings. The Balaban J connectivity index is 1.19. The van der Waals surface area contributed by atoms with E-state index in [0.29, 0.717) is 11.5 Å². The van der Waals surface area contributed by atoms with Crippen molar-refractivity contribution in [3.63, 3.8) is 0 Å². The Morgan fingerprint density at radius 3 is 1.98 bits per heavy atom. The number of para-hydroxylation sites is 2. The predicted molar refractivity (Wildman–Crippen MR) is 237 cm³/mol. The number of aromatic nitrogens is 5. The summed E-state index contributed by atoms with van der Waals surface area (Å²) in [6.07, 6.45) is 5.51. The molecule has 304 valence electrons. The van der Waals surface area contributed by atoms with E-state index in [0.717, 1.165) is 42.9 Å². The molecule has 0 N–H and O–H groups in total. The molecule has 1 aliphatic rings. The molecule has 0 fully saturated rings. The molecule has 0 saturated carbocycles. The number of hydrogen-bond acceptors (Lipinski definition) is 3. The Bertz CT molecular complexity index is 3030. The maximum atomic E-state index is 6.67. The molecular formula is C52H53N5OPt-2. The van der Waals surface area contributed by atoms with Crippen LogP contribution in [0.1, 0.15) is 105 Å². The van der Waals surface area contributed by atoms with Gasteiger partial charge in [0.1, 0.15) is 0 Å². The van der Waals surface area contributed by atoms with Crippen molar-refractivity contribution < 1.29 is 24.1 Å². The van der Waals surface area contributed by atoms with Gasteiger partial charge in [0.05, 0.1) is 0 Å². The molecule has 0 unspecified atom stereocenters. The summed E-state index contributed by atoms with van der Waals surface area (Å²) in [6.45, 7) is 27.9. The van der Waals surface area contributed by atoms with Crippen LogP contribution < -0.4 is 4.74 Å². The van der Waals surface area contributed by atoms with E-state index in [1.807, 2.05) is 18.5 Å². The second-order valence-corrected chi connectivity index (χ2v) is 20.9.